The van der Waals surface area contributed by atoms with Crippen molar-refractivity contribution in [1.29, 1.82) is 0 Å². The lowest BCUT2D eigenvalue weighted by atomic mass is 10.3. The summed E-state index contributed by atoms with van der Waals surface area (Å²) in [4.78, 5) is 0.926. The fraction of sp³-hybridized carbons (Fsp3) is 0.0909. The van der Waals surface area contributed by atoms with Gasteiger partial charge in [0, 0.05) is 22.0 Å². The molecule has 7 heteroatoms. The topological polar surface area (TPSA) is 12.0 Å². The van der Waals surface area contributed by atoms with E-state index in [1.165, 1.54) is 11.3 Å². The summed E-state index contributed by atoms with van der Waals surface area (Å²) >= 11 is 13.5. The van der Waals surface area contributed by atoms with Crippen molar-refractivity contribution < 1.29 is 8.78 Å². The Morgan fingerprint density at radius 3 is 2.44 bits per heavy atom. The van der Waals surface area contributed by atoms with Gasteiger partial charge in [-0.3, -0.25) is 0 Å². The minimum absolute atomic E-state index is 0.104. The van der Waals surface area contributed by atoms with Gasteiger partial charge in [0.2, 0.25) is 0 Å². The van der Waals surface area contributed by atoms with Gasteiger partial charge >= 0.3 is 0 Å². The van der Waals surface area contributed by atoms with Crippen LogP contribution in [0.2, 0.25) is 4.34 Å². The van der Waals surface area contributed by atoms with E-state index < -0.39 is 11.6 Å². The van der Waals surface area contributed by atoms with Crippen LogP contribution in [0.25, 0.3) is 0 Å². The number of halogens is 5. The fourth-order valence-corrected chi connectivity index (χ4v) is 3.36. The van der Waals surface area contributed by atoms with E-state index in [0.717, 1.165) is 21.5 Å². The molecule has 0 bridgehead atoms. The fourth-order valence-electron chi connectivity index (χ4n) is 1.32. The van der Waals surface area contributed by atoms with Crippen molar-refractivity contribution >= 4 is 60.5 Å². The summed E-state index contributed by atoms with van der Waals surface area (Å²) < 4.78 is 28.3. The van der Waals surface area contributed by atoms with E-state index in [-0.39, 0.29) is 10.2 Å². The number of benzene rings is 1. The molecule has 96 valence electrons. The highest BCUT2D eigenvalue weighted by Crippen LogP contribution is 2.32. The van der Waals surface area contributed by atoms with Crippen LogP contribution in [0, 0.1) is 11.6 Å². The maximum Gasteiger partial charge on any atom is 0.147 e. The molecule has 0 aliphatic rings. The second-order valence-electron chi connectivity index (χ2n) is 3.43. The molecule has 18 heavy (non-hydrogen) atoms. The number of nitrogens with one attached hydrogen (secondary N) is 1. The Labute approximate surface area is 128 Å². The maximum atomic E-state index is 13.5. The summed E-state index contributed by atoms with van der Waals surface area (Å²) in [7, 11) is 0. The first-order valence-corrected chi connectivity index (χ1v) is 7.57. The van der Waals surface area contributed by atoms with Crippen LogP contribution in [0.1, 0.15) is 4.88 Å². The van der Waals surface area contributed by atoms with Crippen molar-refractivity contribution in [3.05, 3.63) is 48.0 Å². The van der Waals surface area contributed by atoms with Crippen molar-refractivity contribution in [3.8, 4) is 0 Å². The molecule has 0 saturated heterocycles. The first kappa shape index (κ1) is 14.2. The third-order valence-corrected chi connectivity index (χ3v) is 5.24. The average Bonchev–Trinajstić information content (AvgIpc) is 2.62. The number of thiophene rings is 1. The summed E-state index contributed by atoms with van der Waals surface area (Å²) in [6, 6.07) is 4.05. The molecule has 0 spiro atoms. The highest BCUT2D eigenvalue weighted by molar-refractivity contribution is 9.10. The predicted molar refractivity (Wildman–Crippen MR) is 78.4 cm³/mol. The Hall–Kier alpha value is -0.170. The lowest BCUT2D eigenvalue weighted by molar-refractivity contribution is 0.596. The molecule has 1 aromatic heterocycles. The molecule has 1 N–H and O–H groups in total. The lowest BCUT2D eigenvalue weighted by Gasteiger charge is -2.07. The van der Waals surface area contributed by atoms with Crippen LogP contribution in [0.5, 0.6) is 0 Å². The molecule has 0 fully saturated rings. The minimum atomic E-state index is -0.510. The van der Waals surface area contributed by atoms with E-state index >= 15 is 0 Å². The molecule has 0 unspecified atom stereocenters. The largest absolute Gasteiger partial charge is 0.378 e. The molecule has 2 rings (SSSR count). The second-order valence-corrected chi connectivity index (χ2v) is 6.88. The van der Waals surface area contributed by atoms with E-state index in [1.54, 1.807) is 0 Å². The van der Waals surface area contributed by atoms with Crippen LogP contribution < -0.4 is 5.32 Å². The predicted octanol–water partition coefficient (Wildman–Crippen LogP) is 5.82. The molecule has 0 radical (unpaired) electrons. The lowest BCUT2D eigenvalue weighted by Crippen LogP contribution is -2.00. The first-order chi connectivity index (χ1) is 8.47. The second kappa shape index (κ2) is 5.86. The van der Waals surface area contributed by atoms with Gasteiger partial charge in [0.05, 0.1) is 10.2 Å². The molecular weight excluding hydrogens is 411 g/mol. The smallest absolute Gasteiger partial charge is 0.147 e. The Kier molecular flexibility index (Phi) is 4.64. The van der Waals surface area contributed by atoms with E-state index in [2.05, 4.69) is 37.2 Å². The number of hydrogen-bond donors (Lipinski definition) is 1. The SMILES string of the molecule is Fc1cc(NCc2cc(Br)c(Cl)s2)c(F)cc1Br. The molecule has 1 aromatic carbocycles. The van der Waals surface area contributed by atoms with Gasteiger partial charge in [-0.05, 0) is 44.0 Å². The summed E-state index contributed by atoms with van der Waals surface area (Å²) in [5, 5.41) is 2.83. The van der Waals surface area contributed by atoms with Gasteiger partial charge in [0.1, 0.15) is 16.0 Å². The van der Waals surface area contributed by atoms with E-state index in [1.807, 2.05) is 6.07 Å². The Morgan fingerprint density at radius 1 is 1.11 bits per heavy atom. The van der Waals surface area contributed by atoms with Crippen molar-refractivity contribution in [1.82, 2.24) is 0 Å². The standard InChI is InChI=1S/C11H6Br2ClF2NS/c12-6-2-9(16)10(3-8(6)15)17-4-5-1-7(13)11(14)18-5/h1-3,17H,4H2. The highest BCUT2D eigenvalue weighted by atomic mass is 79.9. The number of anilines is 1. The van der Waals surface area contributed by atoms with Crippen LogP contribution in [0.15, 0.2) is 27.1 Å². The number of hydrogen-bond acceptors (Lipinski definition) is 2. The van der Waals surface area contributed by atoms with E-state index in [9.17, 15) is 8.78 Å². The summed E-state index contributed by atoms with van der Waals surface area (Å²) in [5.74, 6) is -1.02. The van der Waals surface area contributed by atoms with Crippen LogP contribution in [0.3, 0.4) is 0 Å². The van der Waals surface area contributed by atoms with Crippen LogP contribution >= 0.6 is 54.8 Å². The molecule has 0 aliphatic carbocycles. The van der Waals surface area contributed by atoms with Gasteiger partial charge in [0.25, 0.3) is 0 Å². The van der Waals surface area contributed by atoms with Crippen LogP contribution in [-0.4, -0.2) is 0 Å². The third-order valence-electron chi connectivity index (χ3n) is 2.16. The van der Waals surface area contributed by atoms with Gasteiger partial charge in [-0.25, -0.2) is 8.78 Å². The molecule has 2 aromatic rings. The molecule has 0 amide bonds. The quantitative estimate of drug-likeness (QED) is 0.621. The zero-order chi connectivity index (χ0) is 13.3. The molecule has 0 atom stereocenters. The molecule has 1 nitrogen and oxygen atoms in total. The van der Waals surface area contributed by atoms with Gasteiger partial charge in [0.15, 0.2) is 0 Å². The molecule has 1 heterocycles. The van der Waals surface area contributed by atoms with Gasteiger partial charge in [-0.1, -0.05) is 11.6 Å². The highest BCUT2D eigenvalue weighted by Gasteiger charge is 2.09. The van der Waals surface area contributed by atoms with Gasteiger partial charge < -0.3 is 5.32 Å². The third kappa shape index (κ3) is 3.23. The van der Waals surface area contributed by atoms with Crippen LogP contribution in [-0.2, 0) is 6.54 Å². The average molecular weight is 418 g/mol. The van der Waals surface area contributed by atoms with Gasteiger partial charge in [-0.15, -0.1) is 11.3 Å². The Morgan fingerprint density at radius 2 is 1.83 bits per heavy atom. The maximum absolute atomic E-state index is 13.5. The van der Waals surface area contributed by atoms with E-state index in [4.69, 9.17) is 11.6 Å². The minimum Gasteiger partial charge on any atom is -0.378 e. The van der Waals surface area contributed by atoms with Gasteiger partial charge in [-0.2, -0.15) is 0 Å². The first-order valence-electron chi connectivity index (χ1n) is 4.79. The van der Waals surface area contributed by atoms with E-state index in [0.29, 0.717) is 10.9 Å². The zero-order valence-electron chi connectivity index (χ0n) is 8.74. The normalized spacial score (nSPS) is 10.7. The molecule has 0 aliphatic heterocycles. The number of rotatable bonds is 3. The molecule has 0 saturated carbocycles. The van der Waals surface area contributed by atoms with Crippen molar-refractivity contribution in [2.75, 3.05) is 5.32 Å². The van der Waals surface area contributed by atoms with Crippen LogP contribution in [0.4, 0.5) is 14.5 Å². The molecular formula is C11H6Br2ClF2NS. The zero-order valence-corrected chi connectivity index (χ0v) is 13.5. The van der Waals surface area contributed by atoms with Crippen molar-refractivity contribution in [2.45, 2.75) is 6.54 Å². The monoisotopic (exact) mass is 415 g/mol. The van der Waals surface area contributed by atoms with Crippen molar-refractivity contribution in [2.24, 2.45) is 0 Å². The summed E-state index contributed by atoms with van der Waals surface area (Å²) in [5.41, 5.74) is 0.122. The summed E-state index contributed by atoms with van der Waals surface area (Å²) in [6.45, 7) is 0.383. The summed E-state index contributed by atoms with van der Waals surface area (Å²) in [6.07, 6.45) is 0. The Bertz CT molecular complexity index is 569. The Balaban J connectivity index is 2.13. The van der Waals surface area contributed by atoms with Crippen molar-refractivity contribution in [3.63, 3.8) is 0 Å².